The Morgan fingerprint density at radius 1 is 0.867 bits per heavy atom. The normalized spacial score (nSPS) is 10.1. The van der Waals surface area contributed by atoms with Crippen LogP contribution >= 0.6 is 0 Å². The molecule has 162 valence electrons. The first-order valence-electron chi connectivity index (χ1n) is 9.62. The van der Waals surface area contributed by atoms with Gasteiger partial charge in [0.2, 0.25) is 5.91 Å². The number of ether oxygens (including phenoxy) is 4. The van der Waals surface area contributed by atoms with Gasteiger partial charge in [-0.25, -0.2) is 0 Å². The minimum Gasteiger partial charge on any atom is -0.497 e. The Morgan fingerprint density at radius 2 is 1.57 bits per heavy atom. The maximum absolute atomic E-state index is 12.3. The number of methoxy groups -OCH3 is 3. The largest absolute Gasteiger partial charge is 0.497 e. The molecule has 8 heteroatoms. The van der Waals surface area contributed by atoms with Crippen LogP contribution in [0, 0.1) is 0 Å². The van der Waals surface area contributed by atoms with Gasteiger partial charge in [-0.3, -0.25) is 20.4 Å². The summed E-state index contributed by atoms with van der Waals surface area (Å²) in [7, 11) is 4.64. The second kappa shape index (κ2) is 11.5. The van der Waals surface area contributed by atoms with Crippen molar-refractivity contribution >= 4 is 11.8 Å². The molecule has 0 fully saturated rings. The first kappa shape index (κ1) is 22.9. The zero-order chi connectivity index (χ0) is 21.9. The van der Waals surface area contributed by atoms with Crippen molar-refractivity contribution in [1.29, 1.82) is 0 Å². The Balaban J connectivity index is 1.89. The van der Waals surface area contributed by atoms with Crippen LogP contribution in [0.5, 0.6) is 23.0 Å². The van der Waals surface area contributed by atoms with E-state index in [1.165, 1.54) is 7.11 Å². The predicted molar refractivity (Wildman–Crippen MR) is 112 cm³/mol. The van der Waals surface area contributed by atoms with Gasteiger partial charge in [0.25, 0.3) is 5.91 Å². The molecule has 0 bridgehead atoms. The topological polar surface area (TPSA) is 95.1 Å². The second-order valence-corrected chi connectivity index (χ2v) is 6.44. The lowest BCUT2D eigenvalue weighted by atomic mass is 10.1. The summed E-state index contributed by atoms with van der Waals surface area (Å²) in [5.41, 5.74) is 6.06. The van der Waals surface area contributed by atoms with Gasteiger partial charge in [-0.1, -0.05) is 6.92 Å². The molecule has 0 aliphatic carbocycles. The van der Waals surface area contributed by atoms with E-state index in [2.05, 4.69) is 10.9 Å². The third-order valence-corrected chi connectivity index (χ3v) is 4.25. The van der Waals surface area contributed by atoms with Gasteiger partial charge >= 0.3 is 0 Å². The van der Waals surface area contributed by atoms with Gasteiger partial charge in [0, 0.05) is 18.1 Å². The van der Waals surface area contributed by atoms with Crippen molar-refractivity contribution in [2.45, 2.75) is 26.2 Å². The highest BCUT2D eigenvalue weighted by molar-refractivity contribution is 5.96. The summed E-state index contributed by atoms with van der Waals surface area (Å²) >= 11 is 0. The van der Waals surface area contributed by atoms with Gasteiger partial charge in [-0.15, -0.1) is 0 Å². The summed E-state index contributed by atoms with van der Waals surface area (Å²) in [6, 6.07) is 10.3. The molecule has 0 atom stereocenters. The molecule has 0 saturated heterocycles. The molecule has 8 nitrogen and oxygen atoms in total. The van der Waals surface area contributed by atoms with Gasteiger partial charge in [0.1, 0.15) is 11.5 Å². The van der Waals surface area contributed by atoms with E-state index in [1.54, 1.807) is 38.5 Å². The number of rotatable bonds is 10. The monoisotopic (exact) mass is 416 g/mol. The lowest BCUT2D eigenvalue weighted by Crippen LogP contribution is -2.41. The summed E-state index contributed by atoms with van der Waals surface area (Å²) in [4.78, 5) is 24.5. The molecule has 0 heterocycles. The van der Waals surface area contributed by atoms with Crippen LogP contribution in [0.15, 0.2) is 36.4 Å². The summed E-state index contributed by atoms with van der Waals surface area (Å²) in [5, 5.41) is 0. The first-order valence-corrected chi connectivity index (χ1v) is 9.62. The molecule has 0 aromatic heterocycles. The number of hydrogen-bond acceptors (Lipinski definition) is 6. The van der Waals surface area contributed by atoms with E-state index in [0.29, 0.717) is 41.6 Å². The summed E-state index contributed by atoms with van der Waals surface area (Å²) in [5.74, 6) is 1.55. The maximum atomic E-state index is 12.3. The number of nitrogens with one attached hydrogen (secondary N) is 2. The van der Waals surface area contributed by atoms with Crippen LogP contribution in [0.4, 0.5) is 0 Å². The number of benzene rings is 2. The highest BCUT2D eigenvalue weighted by atomic mass is 16.5. The number of aryl methyl sites for hydroxylation is 1. The molecular weight excluding hydrogens is 388 g/mol. The maximum Gasteiger partial charge on any atom is 0.269 e. The molecule has 0 saturated carbocycles. The van der Waals surface area contributed by atoms with Gasteiger partial charge in [0.15, 0.2) is 11.5 Å². The van der Waals surface area contributed by atoms with E-state index >= 15 is 0 Å². The fourth-order valence-corrected chi connectivity index (χ4v) is 2.67. The Labute approximate surface area is 176 Å². The molecule has 2 amide bonds. The molecule has 0 aliphatic rings. The zero-order valence-electron chi connectivity index (χ0n) is 17.7. The second-order valence-electron chi connectivity index (χ2n) is 6.44. The highest BCUT2D eigenvalue weighted by Gasteiger charge is 2.12. The van der Waals surface area contributed by atoms with E-state index in [0.717, 1.165) is 12.0 Å². The molecule has 2 N–H and O–H groups in total. The summed E-state index contributed by atoms with van der Waals surface area (Å²) in [6.45, 7) is 2.55. The van der Waals surface area contributed by atoms with Crippen LogP contribution in [-0.2, 0) is 11.2 Å². The molecule has 0 radical (unpaired) electrons. The van der Waals surface area contributed by atoms with E-state index in [4.69, 9.17) is 18.9 Å². The molecule has 0 unspecified atom stereocenters. The fourth-order valence-electron chi connectivity index (χ4n) is 2.67. The van der Waals surface area contributed by atoms with E-state index in [-0.39, 0.29) is 12.3 Å². The van der Waals surface area contributed by atoms with Crippen LogP contribution in [0.2, 0.25) is 0 Å². The lowest BCUT2D eigenvalue weighted by Gasteiger charge is -2.12. The number of carbonyl (C=O) groups is 2. The van der Waals surface area contributed by atoms with Crippen molar-refractivity contribution in [3.8, 4) is 23.0 Å². The number of amides is 2. The minimum absolute atomic E-state index is 0.184. The van der Waals surface area contributed by atoms with E-state index in [1.807, 2.05) is 19.1 Å². The van der Waals surface area contributed by atoms with Crippen LogP contribution < -0.4 is 29.8 Å². The average molecular weight is 416 g/mol. The quantitative estimate of drug-likeness (QED) is 0.579. The average Bonchev–Trinajstić information content (AvgIpc) is 2.79. The van der Waals surface area contributed by atoms with Crippen LogP contribution in [0.1, 0.15) is 35.7 Å². The first-order chi connectivity index (χ1) is 14.5. The Kier molecular flexibility index (Phi) is 8.80. The standard InChI is InChI=1S/C22H28N2O6/c1-5-10-30-19-8-7-16(13-20(19)29-4)22(26)24-23-21(25)9-6-15-11-17(27-2)14-18(12-15)28-3/h7-8,11-14H,5-6,9-10H2,1-4H3,(H,23,25)(H,24,26). The SMILES string of the molecule is CCCOc1ccc(C(=O)NNC(=O)CCc2cc(OC)cc(OC)c2)cc1OC. The van der Waals surface area contributed by atoms with Crippen LogP contribution in [0.25, 0.3) is 0 Å². The minimum atomic E-state index is -0.452. The van der Waals surface area contributed by atoms with Crippen LogP contribution in [0.3, 0.4) is 0 Å². The Morgan fingerprint density at radius 3 is 2.17 bits per heavy atom. The molecule has 0 spiro atoms. The molecule has 30 heavy (non-hydrogen) atoms. The van der Waals surface area contributed by atoms with Gasteiger partial charge in [-0.05, 0) is 48.7 Å². The summed E-state index contributed by atoms with van der Waals surface area (Å²) < 4.78 is 21.3. The van der Waals surface area contributed by atoms with Gasteiger partial charge in [0.05, 0.1) is 27.9 Å². The van der Waals surface area contributed by atoms with Crippen molar-refractivity contribution in [3.63, 3.8) is 0 Å². The zero-order valence-corrected chi connectivity index (χ0v) is 17.7. The van der Waals surface area contributed by atoms with Gasteiger partial charge < -0.3 is 18.9 Å². The summed E-state index contributed by atoms with van der Waals surface area (Å²) in [6.07, 6.45) is 1.51. The van der Waals surface area contributed by atoms with Crippen molar-refractivity contribution in [2.75, 3.05) is 27.9 Å². The number of carbonyl (C=O) groups excluding carboxylic acids is 2. The molecule has 2 aromatic rings. The smallest absolute Gasteiger partial charge is 0.269 e. The van der Waals surface area contributed by atoms with Crippen molar-refractivity contribution in [1.82, 2.24) is 10.9 Å². The van der Waals surface area contributed by atoms with E-state index < -0.39 is 5.91 Å². The van der Waals surface area contributed by atoms with Gasteiger partial charge in [-0.2, -0.15) is 0 Å². The Bertz CT molecular complexity index is 846. The molecule has 2 rings (SSSR count). The fraction of sp³-hybridized carbons (Fsp3) is 0.364. The van der Waals surface area contributed by atoms with Crippen LogP contribution in [-0.4, -0.2) is 39.8 Å². The number of hydrazine groups is 1. The third kappa shape index (κ3) is 6.58. The van der Waals surface area contributed by atoms with Crippen molar-refractivity contribution < 1.29 is 28.5 Å². The van der Waals surface area contributed by atoms with Crippen molar-refractivity contribution in [3.05, 3.63) is 47.5 Å². The highest BCUT2D eigenvalue weighted by Crippen LogP contribution is 2.28. The van der Waals surface area contributed by atoms with E-state index in [9.17, 15) is 9.59 Å². The molecule has 2 aromatic carbocycles. The third-order valence-electron chi connectivity index (χ3n) is 4.25. The predicted octanol–water partition coefficient (Wildman–Crippen LogP) is 2.90. The van der Waals surface area contributed by atoms with Crippen molar-refractivity contribution in [2.24, 2.45) is 0 Å². The number of hydrogen-bond donors (Lipinski definition) is 2. The lowest BCUT2D eigenvalue weighted by molar-refractivity contribution is -0.121. The molecule has 0 aliphatic heterocycles. The molecular formula is C22H28N2O6. The Hall–Kier alpha value is -3.42.